The summed E-state index contributed by atoms with van der Waals surface area (Å²) in [5.74, 6) is -6.80. The molecule has 11 heteroatoms. The predicted octanol–water partition coefficient (Wildman–Crippen LogP) is 0.125. The molecule has 0 radical (unpaired) electrons. The molecule has 0 saturated carbocycles. The van der Waals surface area contributed by atoms with Gasteiger partial charge in [0.25, 0.3) is 0 Å². The molecule has 0 aromatic heterocycles. The molecule has 6 atom stereocenters. The van der Waals surface area contributed by atoms with Crippen LogP contribution in [0.1, 0.15) is 58.3 Å². The molecule has 11 nitrogen and oxygen atoms in total. The number of carbonyl (C=O) groups is 4. The standard InChI is InChI=1S/C26H34O11/c1-2-3-4-5-8-16(28)20-18-14(23(32)36-25(18)34)11-13(21(30)17(29)9-6-7-10-27)12-15-19(22(20)31)26(35)37-24(15)33/h6-7,13,16-17,20-22,27-31H,2-5,8-12H2,1H3/b7-6+/t13-,16-,17+,20+,21+,22+/m0/s1. The summed E-state index contributed by atoms with van der Waals surface area (Å²) >= 11 is 0. The zero-order valence-corrected chi connectivity index (χ0v) is 20.7. The summed E-state index contributed by atoms with van der Waals surface area (Å²) in [4.78, 5) is 50.6. The Labute approximate surface area is 214 Å². The number of hydrogen-bond acceptors (Lipinski definition) is 11. The molecular weight excluding hydrogens is 488 g/mol. The van der Waals surface area contributed by atoms with Gasteiger partial charge in [-0.25, -0.2) is 19.2 Å². The molecule has 0 aromatic rings. The molecule has 0 fully saturated rings. The highest BCUT2D eigenvalue weighted by Gasteiger charge is 2.51. The molecule has 5 N–H and O–H groups in total. The second-order valence-corrected chi connectivity index (χ2v) is 9.64. The quantitative estimate of drug-likeness (QED) is 0.107. The maximum Gasteiger partial charge on any atom is 0.345 e. The smallest absolute Gasteiger partial charge is 0.345 e. The number of ether oxygens (including phenoxy) is 2. The molecule has 0 saturated heterocycles. The molecule has 37 heavy (non-hydrogen) atoms. The van der Waals surface area contributed by atoms with E-state index in [1.54, 1.807) is 0 Å². The van der Waals surface area contributed by atoms with E-state index in [1.807, 2.05) is 6.92 Å². The maximum absolute atomic E-state index is 12.8. The monoisotopic (exact) mass is 522 g/mol. The van der Waals surface area contributed by atoms with Crippen molar-refractivity contribution in [1.29, 1.82) is 0 Å². The summed E-state index contributed by atoms with van der Waals surface area (Å²) in [6.45, 7) is 1.73. The van der Waals surface area contributed by atoms with Gasteiger partial charge in [-0.05, 0) is 31.6 Å². The summed E-state index contributed by atoms with van der Waals surface area (Å²) in [6.07, 6.45) is -0.760. The molecular formula is C26H34O11. The molecule has 1 aliphatic carbocycles. The van der Waals surface area contributed by atoms with E-state index in [9.17, 15) is 39.6 Å². The lowest BCUT2D eigenvalue weighted by atomic mass is 9.80. The van der Waals surface area contributed by atoms with Gasteiger partial charge in [-0.3, -0.25) is 0 Å². The van der Waals surface area contributed by atoms with Gasteiger partial charge in [0, 0.05) is 11.5 Å². The first-order valence-corrected chi connectivity index (χ1v) is 12.6. The van der Waals surface area contributed by atoms with Crippen molar-refractivity contribution in [3.63, 3.8) is 0 Å². The van der Waals surface area contributed by atoms with Gasteiger partial charge < -0.3 is 35.0 Å². The van der Waals surface area contributed by atoms with Gasteiger partial charge in [-0.1, -0.05) is 44.8 Å². The number of aliphatic hydroxyl groups is 5. The molecule has 0 bridgehead atoms. The lowest BCUT2D eigenvalue weighted by Gasteiger charge is -2.28. The highest BCUT2D eigenvalue weighted by atomic mass is 16.6. The van der Waals surface area contributed by atoms with Gasteiger partial charge in [0.2, 0.25) is 0 Å². The highest BCUT2D eigenvalue weighted by Crippen LogP contribution is 2.42. The van der Waals surface area contributed by atoms with Crippen LogP contribution in [0.5, 0.6) is 0 Å². The SMILES string of the molecule is CCCCCC[C@H](O)[C@@H]1C2=C(C[C@H]([C@@H](O)[C@H](O)C/C=C/CO)CC3=C(C(=O)OC3=O)[C@H]1O)C(=O)OC2=O. The van der Waals surface area contributed by atoms with Crippen molar-refractivity contribution in [2.75, 3.05) is 6.61 Å². The Morgan fingerprint density at radius 2 is 1.46 bits per heavy atom. The molecule has 2 heterocycles. The molecule has 0 aromatic carbocycles. The van der Waals surface area contributed by atoms with Crippen molar-refractivity contribution >= 4 is 23.9 Å². The van der Waals surface area contributed by atoms with E-state index >= 15 is 0 Å². The third-order valence-electron chi connectivity index (χ3n) is 7.15. The van der Waals surface area contributed by atoms with Crippen molar-refractivity contribution < 1.29 is 54.2 Å². The van der Waals surface area contributed by atoms with Crippen LogP contribution in [0.15, 0.2) is 34.4 Å². The van der Waals surface area contributed by atoms with Gasteiger partial charge >= 0.3 is 23.9 Å². The maximum atomic E-state index is 12.8. The van der Waals surface area contributed by atoms with Crippen LogP contribution in [0.4, 0.5) is 0 Å². The third-order valence-corrected chi connectivity index (χ3v) is 7.15. The fraction of sp³-hybridized carbons (Fsp3) is 0.615. The van der Waals surface area contributed by atoms with Crippen molar-refractivity contribution in [3.8, 4) is 0 Å². The van der Waals surface area contributed by atoms with E-state index in [2.05, 4.69) is 0 Å². The van der Waals surface area contributed by atoms with E-state index in [0.29, 0.717) is 6.42 Å². The molecule has 2 aliphatic heterocycles. The van der Waals surface area contributed by atoms with Gasteiger partial charge in [0.05, 0.1) is 47.7 Å². The zero-order valence-electron chi connectivity index (χ0n) is 20.7. The largest absolute Gasteiger partial charge is 0.392 e. The van der Waals surface area contributed by atoms with Crippen LogP contribution < -0.4 is 0 Å². The van der Waals surface area contributed by atoms with Crippen LogP contribution in [0.2, 0.25) is 0 Å². The van der Waals surface area contributed by atoms with E-state index < -0.39 is 65.7 Å². The van der Waals surface area contributed by atoms with Crippen LogP contribution in [0.3, 0.4) is 0 Å². The first-order valence-electron chi connectivity index (χ1n) is 12.6. The topological polar surface area (TPSA) is 188 Å². The van der Waals surface area contributed by atoms with Crippen molar-refractivity contribution in [2.45, 2.75) is 82.7 Å². The minimum absolute atomic E-state index is 0.0650. The first kappa shape index (κ1) is 28.9. The molecule has 0 unspecified atom stereocenters. The highest BCUT2D eigenvalue weighted by molar-refractivity contribution is 6.15. The van der Waals surface area contributed by atoms with Gasteiger partial charge in [-0.2, -0.15) is 0 Å². The summed E-state index contributed by atoms with van der Waals surface area (Å²) in [5, 5.41) is 52.7. The minimum atomic E-state index is -1.85. The summed E-state index contributed by atoms with van der Waals surface area (Å²) < 4.78 is 9.53. The van der Waals surface area contributed by atoms with Gasteiger partial charge in [0.15, 0.2) is 0 Å². The number of hydrogen-bond donors (Lipinski definition) is 5. The summed E-state index contributed by atoms with van der Waals surface area (Å²) in [7, 11) is 0. The minimum Gasteiger partial charge on any atom is -0.392 e. The second kappa shape index (κ2) is 12.7. The van der Waals surface area contributed by atoms with Crippen LogP contribution in [-0.2, 0) is 28.7 Å². The number of aliphatic hydroxyl groups excluding tert-OH is 5. The Morgan fingerprint density at radius 3 is 2.05 bits per heavy atom. The average molecular weight is 523 g/mol. The number of cyclic esters (lactones) is 4. The van der Waals surface area contributed by atoms with Crippen LogP contribution in [0, 0.1) is 11.8 Å². The number of carbonyl (C=O) groups excluding carboxylic acids is 4. The van der Waals surface area contributed by atoms with Gasteiger partial charge in [0.1, 0.15) is 0 Å². The number of unbranched alkanes of at least 4 members (excludes halogenated alkanes) is 3. The van der Waals surface area contributed by atoms with E-state index in [-0.39, 0.29) is 49.0 Å². The Balaban J connectivity index is 2.08. The van der Waals surface area contributed by atoms with Gasteiger partial charge in [-0.15, -0.1) is 0 Å². The van der Waals surface area contributed by atoms with Crippen LogP contribution in [0.25, 0.3) is 0 Å². The number of rotatable bonds is 11. The lowest BCUT2D eigenvalue weighted by Crippen LogP contribution is -2.38. The fourth-order valence-electron chi connectivity index (χ4n) is 5.19. The molecule has 0 amide bonds. The van der Waals surface area contributed by atoms with E-state index in [1.165, 1.54) is 12.2 Å². The Hall–Kier alpha value is -2.70. The second-order valence-electron chi connectivity index (χ2n) is 9.64. The molecule has 3 aliphatic rings. The zero-order chi connectivity index (χ0) is 27.3. The summed E-state index contributed by atoms with van der Waals surface area (Å²) in [5.41, 5.74) is -1.20. The van der Waals surface area contributed by atoms with Crippen molar-refractivity contribution in [1.82, 2.24) is 0 Å². The molecule has 204 valence electrons. The summed E-state index contributed by atoms with van der Waals surface area (Å²) in [6, 6.07) is 0. The van der Waals surface area contributed by atoms with Crippen molar-refractivity contribution in [2.24, 2.45) is 11.8 Å². The third kappa shape index (κ3) is 6.24. The number of esters is 4. The molecule has 3 rings (SSSR count). The van der Waals surface area contributed by atoms with E-state index in [4.69, 9.17) is 14.6 Å². The molecule has 0 spiro atoms. The van der Waals surface area contributed by atoms with Crippen LogP contribution >= 0.6 is 0 Å². The normalized spacial score (nSPS) is 26.9. The Morgan fingerprint density at radius 1 is 0.865 bits per heavy atom. The average Bonchev–Trinajstić information content (AvgIpc) is 3.30. The Kier molecular flexibility index (Phi) is 9.91. The predicted molar refractivity (Wildman–Crippen MR) is 126 cm³/mol. The fourth-order valence-corrected chi connectivity index (χ4v) is 5.19. The lowest BCUT2D eigenvalue weighted by molar-refractivity contribution is -0.154. The van der Waals surface area contributed by atoms with Crippen LogP contribution in [-0.4, -0.2) is 80.4 Å². The van der Waals surface area contributed by atoms with E-state index in [0.717, 1.165) is 19.3 Å². The Bertz CT molecular complexity index is 1010. The first-order chi connectivity index (χ1) is 17.6. The van der Waals surface area contributed by atoms with Crippen molar-refractivity contribution in [3.05, 3.63) is 34.4 Å².